The van der Waals surface area contributed by atoms with Gasteiger partial charge in [0.2, 0.25) is 11.7 Å². The van der Waals surface area contributed by atoms with Crippen LogP contribution in [0.2, 0.25) is 0 Å². The van der Waals surface area contributed by atoms with Gasteiger partial charge in [-0.1, -0.05) is 43.3 Å². The zero-order chi connectivity index (χ0) is 20.9. The molecule has 4 aromatic rings. The molecule has 156 valence electrons. The van der Waals surface area contributed by atoms with Crippen LogP contribution in [0.3, 0.4) is 0 Å². The molecule has 0 spiro atoms. The third-order valence-electron chi connectivity index (χ3n) is 4.82. The van der Waals surface area contributed by atoms with Crippen LogP contribution in [0.25, 0.3) is 16.7 Å². The van der Waals surface area contributed by atoms with Gasteiger partial charge in [0.25, 0.3) is 5.56 Å². The Balaban J connectivity index is 1.55. The molecule has 0 fully saturated rings. The number of hydrogen-bond acceptors (Lipinski definition) is 6. The van der Waals surface area contributed by atoms with E-state index in [-0.39, 0.29) is 17.2 Å². The molecule has 0 bridgehead atoms. The van der Waals surface area contributed by atoms with Gasteiger partial charge < -0.3 is 5.32 Å². The van der Waals surface area contributed by atoms with E-state index in [1.54, 1.807) is 15.9 Å². The lowest BCUT2D eigenvalue weighted by Gasteiger charge is -2.10. The van der Waals surface area contributed by atoms with E-state index in [0.717, 1.165) is 24.8 Å². The number of thiophene rings is 1. The summed E-state index contributed by atoms with van der Waals surface area (Å²) in [6.07, 6.45) is 2.69. The molecular weight excluding hydrogens is 418 g/mol. The van der Waals surface area contributed by atoms with Crippen LogP contribution in [0, 0.1) is 0 Å². The summed E-state index contributed by atoms with van der Waals surface area (Å²) in [5, 5.41) is 14.8. The molecule has 0 radical (unpaired) electrons. The summed E-state index contributed by atoms with van der Waals surface area (Å²) in [5.74, 6) is 0.720. The molecular formula is C21H23N5O2S2. The summed E-state index contributed by atoms with van der Waals surface area (Å²) in [4.78, 5) is 26.5. The highest BCUT2D eigenvalue weighted by Gasteiger charge is 2.17. The number of carbonyl (C=O) groups excluding carboxylic acids is 1. The largest absolute Gasteiger partial charge is 0.355 e. The highest BCUT2D eigenvalue weighted by atomic mass is 32.2. The van der Waals surface area contributed by atoms with Crippen molar-refractivity contribution in [1.82, 2.24) is 24.5 Å². The Hall–Kier alpha value is -2.65. The van der Waals surface area contributed by atoms with Crippen LogP contribution >= 0.6 is 23.1 Å². The zero-order valence-corrected chi connectivity index (χ0v) is 18.3. The number of fused-ring (bicyclic) bond motifs is 3. The minimum absolute atomic E-state index is 0.0445. The van der Waals surface area contributed by atoms with Gasteiger partial charge in [0, 0.05) is 18.0 Å². The first-order valence-corrected chi connectivity index (χ1v) is 11.8. The van der Waals surface area contributed by atoms with Gasteiger partial charge >= 0.3 is 0 Å². The van der Waals surface area contributed by atoms with Crippen molar-refractivity contribution < 1.29 is 4.79 Å². The standard InChI is InChI=1S/C21H23N5O2S2/c1-2-3-12-25-19(28)16-8-4-5-9-17(16)26-20(25)23-24-21(26)30-14-18(27)22-11-10-15-7-6-13-29-15/h4-9,13H,2-3,10-12,14H2,1H3,(H,22,27). The first-order chi connectivity index (χ1) is 14.7. The zero-order valence-electron chi connectivity index (χ0n) is 16.7. The minimum Gasteiger partial charge on any atom is -0.355 e. The van der Waals surface area contributed by atoms with E-state index in [1.165, 1.54) is 16.6 Å². The highest BCUT2D eigenvalue weighted by molar-refractivity contribution is 7.99. The molecule has 0 aliphatic rings. The molecule has 1 aromatic carbocycles. The maximum atomic E-state index is 13.0. The number of nitrogens with one attached hydrogen (secondary N) is 1. The Morgan fingerprint density at radius 3 is 2.87 bits per heavy atom. The summed E-state index contributed by atoms with van der Waals surface area (Å²) < 4.78 is 3.57. The second kappa shape index (κ2) is 9.44. The van der Waals surface area contributed by atoms with Crippen molar-refractivity contribution in [3.63, 3.8) is 0 Å². The quantitative estimate of drug-likeness (QED) is 0.403. The number of thioether (sulfide) groups is 1. The van der Waals surface area contributed by atoms with Gasteiger partial charge in [0.1, 0.15) is 0 Å². The van der Waals surface area contributed by atoms with Crippen molar-refractivity contribution in [3.8, 4) is 0 Å². The molecule has 1 amide bonds. The first kappa shape index (κ1) is 20.6. The Labute approximate surface area is 182 Å². The Bertz CT molecular complexity index is 1210. The number of hydrogen-bond donors (Lipinski definition) is 1. The van der Waals surface area contributed by atoms with Crippen LogP contribution in [0.5, 0.6) is 0 Å². The van der Waals surface area contributed by atoms with Gasteiger partial charge in [-0.3, -0.25) is 18.6 Å². The van der Waals surface area contributed by atoms with E-state index in [2.05, 4.69) is 28.5 Å². The van der Waals surface area contributed by atoms with Gasteiger partial charge in [0.05, 0.1) is 16.7 Å². The van der Waals surface area contributed by atoms with Gasteiger partial charge in [-0.15, -0.1) is 21.5 Å². The van der Waals surface area contributed by atoms with Gasteiger partial charge in [-0.2, -0.15) is 0 Å². The second-order valence-electron chi connectivity index (χ2n) is 6.91. The normalized spacial score (nSPS) is 11.4. The number of amides is 1. The summed E-state index contributed by atoms with van der Waals surface area (Å²) in [6.45, 7) is 3.29. The predicted molar refractivity (Wildman–Crippen MR) is 121 cm³/mol. The van der Waals surface area contributed by atoms with Crippen molar-refractivity contribution in [2.45, 2.75) is 37.9 Å². The van der Waals surface area contributed by atoms with Gasteiger partial charge in [-0.25, -0.2) is 0 Å². The van der Waals surface area contributed by atoms with Crippen LogP contribution in [0.15, 0.2) is 51.7 Å². The number of aryl methyl sites for hydroxylation is 1. The van der Waals surface area contributed by atoms with E-state index >= 15 is 0 Å². The number of unbranched alkanes of at least 4 members (excludes halogenated alkanes) is 1. The van der Waals surface area contributed by atoms with E-state index in [4.69, 9.17) is 0 Å². The summed E-state index contributed by atoms with van der Waals surface area (Å²) in [5.41, 5.74) is 0.706. The Morgan fingerprint density at radius 2 is 2.07 bits per heavy atom. The number of benzene rings is 1. The summed E-state index contributed by atoms with van der Waals surface area (Å²) in [7, 11) is 0. The molecule has 3 heterocycles. The Morgan fingerprint density at radius 1 is 1.20 bits per heavy atom. The molecule has 1 N–H and O–H groups in total. The molecule has 0 unspecified atom stereocenters. The van der Waals surface area contributed by atoms with E-state index in [9.17, 15) is 9.59 Å². The fourth-order valence-electron chi connectivity index (χ4n) is 3.31. The van der Waals surface area contributed by atoms with Crippen LogP contribution in [0.1, 0.15) is 24.6 Å². The third kappa shape index (κ3) is 4.27. The van der Waals surface area contributed by atoms with Gasteiger partial charge in [0.15, 0.2) is 5.16 Å². The molecule has 0 aliphatic carbocycles. The maximum Gasteiger partial charge on any atom is 0.262 e. The molecule has 0 aliphatic heterocycles. The topological polar surface area (TPSA) is 81.3 Å². The van der Waals surface area contributed by atoms with E-state index in [1.807, 2.05) is 40.1 Å². The number of rotatable bonds is 9. The smallest absolute Gasteiger partial charge is 0.262 e. The molecule has 7 nitrogen and oxygen atoms in total. The fraction of sp³-hybridized carbons (Fsp3) is 0.333. The third-order valence-corrected chi connectivity index (χ3v) is 6.68. The summed E-state index contributed by atoms with van der Waals surface area (Å²) in [6, 6.07) is 11.5. The first-order valence-electron chi connectivity index (χ1n) is 9.97. The van der Waals surface area contributed by atoms with Crippen molar-refractivity contribution in [2.75, 3.05) is 12.3 Å². The molecule has 0 saturated heterocycles. The fourth-order valence-corrected chi connectivity index (χ4v) is 4.78. The molecule has 30 heavy (non-hydrogen) atoms. The van der Waals surface area contributed by atoms with Crippen LogP contribution < -0.4 is 10.9 Å². The molecule has 4 rings (SSSR count). The molecule has 3 aromatic heterocycles. The maximum absolute atomic E-state index is 13.0. The van der Waals surface area contributed by atoms with Crippen molar-refractivity contribution >= 4 is 45.7 Å². The number of nitrogens with zero attached hydrogens (tertiary/aromatic N) is 4. The number of para-hydroxylation sites is 1. The average Bonchev–Trinajstić information content (AvgIpc) is 3.42. The summed E-state index contributed by atoms with van der Waals surface area (Å²) >= 11 is 3.02. The predicted octanol–water partition coefficient (Wildman–Crippen LogP) is 3.36. The van der Waals surface area contributed by atoms with Crippen LogP contribution in [-0.2, 0) is 17.8 Å². The Kier molecular flexibility index (Phi) is 6.49. The molecule has 9 heteroatoms. The minimum atomic E-state index is -0.0539. The second-order valence-corrected chi connectivity index (χ2v) is 8.89. The highest BCUT2D eigenvalue weighted by Crippen LogP contribution is 2.21. The van der Waals surface area contributed by atoms with Crippen LogP contribution in [-0.4, -0.2) is 37.4 Å². The van der Waals surface area contributed by atoms with Crippen molar-refractivity contribution in [1.29, 1.82) is 0 Å². The lowest BCUT2D eigenvalue weighted by Crippen LogP contribution is -2.27. The van der Waals surface area contributed by atoms with Crippen molar-refractivity contribution in [3.05, 3.63) is 57.0 Å². The SMILES string of the molecule is CCCCn1c(=O)c2ccccc2n2c(SCC(=O)NCCc3cccs3)nnc12. The molecule has 0 atom stereocenters. The van der Waals surface area contributed by atoms with E-state index < -0.39 is 0 Å². The average molecular weight is 442 g/mol. The number of aromatic nitrogens is 4. The molecule has 0 saturated carbocycles. The lowest BCUT2D eigenvalue weighted by atomic mass is 10.2. The van der Waals surface area contributed by atoms with Gasteiger partial charge in [-0.05, 0) is 36.4 Å². The van der Waals surface area contributed by atoms with E-state index in [0.29, 0.717) is 29.4 Å². The lowest BCUT2D eigenvalue weighted by molar-refractivity contribution is -0.118. The monoisotopic (exact) mass is 441 g/mol. The van der Waals surface area contributed by atoms with Crippen molar-refractivity contribution in [2.24, 2.45) is 0 Å². The van der Waals surface area contributed by atoms with Crippen LogP contribution in [0.4, 0.5) is 0 Å². The number of carbonyl (C=O) groups is 1.